The third kappa shape index (κ3) is 4.45. The predicted octanol–water partition coefficient (Wildman–Crippen LogP) is 10.9. The molecule has 8 aromatic rings. The maximum Gasteiger partial charge on any atom is 0.0886 e. The fourth-order valence-corrected chi connectivity index (χ4v) is 6.28. The summed E-state index contributed by atoms with van der Waals surface area (Å²) in [6.45, 7) is 2.14. The first kappa shape index (κ1) is 25.1. The summed E-state index contributed by atoms with van der Waals surface area (Å²) < 4.78 is 0. The van der Waals surface area contributed by atoms with Crippen molar-refractivity contribution in [3.63, 3.8) is 0 Å². The summed E-state index contributed by atoms with van der Waals surface area (Å²) in [5, 5.41) is 7.52. The Balaban J connectivity index is 1.25. The fourth-order valence-electron chi connectivity index (χ4n) is 6.28. The molecule has 2 heterocycles. The van der Waals surface area contributed by atoms with E-state index in [1.807, 2.05) is 30.5 Å². The topological polar surface area (TPSA) is 25.8 Å². The van der Waals surface area contributed by atoms with Crippen LogP contribution in [0.2, 0.25) is 0 Å². The van der Waals surface area contributed by atoms with Crippen molar-refractivity contribution in [2.45, 2.75) is 6.92 Å². The zero-order valence-corrected chi connectivity index (χ0v) is 23.8. The number of nitrogens with zero attached hydrogens (tertiary/aromatic N) is 2. The molecule has 0 atom stereocenters. The SMILES string of the molecule is Cc1ccc(-c2c3ccccc3c(-c3ccc4cc(-c5ccc(-c6ccccn6)nc5)ccc4c3)c3ccccc23)cc1. The Morgan fingerprint density at radius 3 is 1.49 bits per heavy atom. The number of fused-ring (bicyclic) bond motifs is 3. The molecule has 0 saturated heterocycles. The molecule has 0 spiro atoms. The minimum atomic E-state index is 0.877. The van der Waals surface area contributed by atoms with E-state index < -0.39 is 0 Å². The minimum Gasteiger partial charge on any atom is -0.255 e. The van der Waals surface area contributed by atoms with Crippen molar-refractivity contribution < 1.29 is 0 Å². The van der Waals surface area contributed by atoms with Gasteiger partial charge in [0.2, 0.25) is 0 Å². The van der Waals surface area contributed by atoms with Gasteiger partial charge in [-0.1, -0.05) is 115 Å². The highest BCUT2D eigenvalue weighted by atomic mass is 14.8. The van der Waals surface area contributed by atoms with Gasteiger partial charge >= 0.3 is 0 Å². The largest absolute Gasteiger partial charge is 0.255 e. The highest BCUT2D eigenvalue weighted by Crippen LogP contribution is 2.44. The van der Waals surface area contributed by atoms with Gasteiger partial charge in [0.15, 0.2) is 0 Å². The molecule has 0 aliphatic heterocycles. The molecule has 43 heavy (non-hydrogen) atoms. The molecule has 0 fully saturated rings. The number of rotatable bonds is 4. The summed E-state index contributed by atoms with van der Waals surface area (Å²) in [4.78, 5) is 9.11. The molecule has 0 saturated carbocycles. The molecular weight excluding hydrogens is 520 g/mol. The van der Waals surface area contributed by atoms with Crippen LogP contribution in [0.15, 0.2) is 152 Å². The summed E-state index contributed by atoms with van der Waals surface area (Å²) in [6.07, 6.45) is 3.74. The van der Waals surface area contributed by atoms with Crippen LogP contribution < -0.4 is 0 Å². The van der Waals surface area contributed by atoms with Crippen molar-refractivity contribution in [2.24, 2.45) is 0 Å². The van der Waals surface area contributed by atoms with Crippen LogP contribution in [0, 0.1) is 6.92 Å². The van der Waals surface area contributed by atoms with Crippen molar-refractivity contribution >= 4 is 32.3 Å². The standard InChI is InChI=1S/C41H28N2/c1-27-13-15-28(16-14-27)40-34-8-2-4-10-36(34)41(37-11-5-3-9-35(37)40)32-20-19-29-24-31(18-17-30(29)25-32)33-21-22-39(43-26-33)38-12-6-7-23-42-38/h2-26H,1H3. The van der Waals surface area contributed by atoms with E-state index in [-0.39, 0.29) is 0 Å². The maximum absolute atomic E-state index is 4.69. The zero-order valence-electron chi connectivity index (χ0n) is 23.8. The lowest BCUT2D eigenvalue weighted by Gasteiger charge is -2.18. The molecule has 0 bridgehead atoms. The molecule has 6 aromatic carbocycles. The zero-order chi connectivity index (χ0) is 28.8. The first-order chi connectivity index (χ1) is 21.2. The average Bonchev–Trinajstić information content (AvgIpc) is 3.08. The third-order valence-electron chi connectivity index (χ3n) is 8.42. The van der Waals surface area contributed by atoms with E-state index >= 15 is 0 Å². The Morgan fingerprint density at radius 2 is 0.907 bits per heavy atom. The highest BCUT2D eigenvalue weighted by Gasteiger charge is 2.16. The van der Waals surface area contributed by atoms with Crippen molar-refractivity contribution in [2.75, 3.05) is 0 Å². The van der Waals surface area contributed by atoms with E-state index in [1.54, 1.807) is 6.20 Å². The molecule has 0 aliphatic rings. The van der Waals surface area contributed by atoms with Crippen LogP contribution in [0.4, 0.5) is 0 Å². The molecule has 8 rings (SSSR count). The van der Waals surface area contributed by atoms with Gasteiger partial charge in [0.1, 0.15) is 0 Å². The average molecular weight is 549 g/mol. The smallest absolute Gasteiger partial charge is 0.0886 e. The number of hydrogen-bond acceptors (Lipinski definition) is 2. The monoisotopic (exact) mass is 548 g/mol. The van der Waals surface area contributed by atoms with Crippen molar-refractivity contribution in [1.29, 1.82) is 0 Å². The normalized spacial score (nSPS) is 11.4. The fraction of sp³-hybridized carbons (Fsp3) is 0.0244. The van der Waals surface area contributed by atoms with Gasteiger partial charge in [0.05, 0.1) is 11.4 Å². The van der Waals surface area contributed by atoms with Crippen molar-refractivity contribution in [3.8, 4) is 44.8 Å². The molecule has 2 nitrogen and oxygen atoms in total. The molecular formula is C41H28N2. The second kappa shape index (κ2) is 10.3. The van der Waals surface area contributed by atoms with Crippen LogP contribution in [0.25, 0.3) is 77.1 Å². The van der Waals surface area contributed by atoms with Crippen molar-refractivity contribution in [1.82, 2.24) is 9.97 Å². The van der Waals surface area contributed by atoms with Crippen LogP contribution in [0.5, 0.6) is 0 Å². The second-order valence-electron chi connectivity index (χ2n) is 11.1. The van der Waals surface area contributed by atoms with Crippen LogP contribution in [-0.4, -0.2) is 9.97 Å². The second-order valence-corrected chi connectivity index (χ2v) is 11.1. The lowest BCUT2D eigenvalue weighted by Crippen LogP contribution is -1.91. The molecule has 0 unspecified atom stereocenters. The Hall–Kier alpha value is -5.60. The van der Waals surface area contributed by atoms with Crippen molar-refractivity contribution in [3.05, 3.63) is 157 Å². The number of pyridine rings is 2. The van der Waals surface area contributed by atoms with Crippen LogP contribution in [-0.2, 0) is 0 Å². The number of aryl methyl sites for hydroxylation is 1. The Morgan fingerprint density at radius 1 is 0.395 bits per heavy atom. The summed E-state index contributed by atoms with van der Waals surface area (Å²) >= 11 is 0. The number of aromatic nitrogens is 2. The molecule has 202 valence electrons. The van der Waals surface area contributed by atoms with Gasteiger partial charge in [-0.3, -0.25) is 9.97 Å². The Kier molecular flexibility index (Phi) is 6.05. The minimum absolute atomic E-state index is 0.877. The van der Waals surface area contributed by atoms with E-state index in [2.05, 4.69) is 132 Å². The molecule has 0 radical (unpaired) electrons. The Bertz CT molecular complexity index is 2210. The lowest BCUT2D eigenvalue weighted by molar-refractivity contribution is 1.25. The van der Waals surface area contributed by atoms with Crippen LogP contribution in [0.1, 0.15) is 5.56 Å². The van der Waals surface area contributed by atoms with E-state index in [0.717, 1.165) is 22.5 Å². The van der Waals surface area contributed by atoms with Gasteiger partial charge in [-0.25, -0.2) is 0 Å². The molecule has 0 aliphatic carbocycles. The van der Waals surface area contributed by atoms with E-state index in [0.29, 0.717) is 0 Å². The molecule has 0 amide bonds. The number of hydrogen-bond donors (Lipinski definition) is 0. The number of benzene rings is 6. The van der Waals surface area contributed by atoms with Crippen LogP contribution in [0.3, 0.4) is 0 Å². The summed E-state index contributed by atoms with van der Waals surface area (Å²) in [6, 6.07) is 50.2. The first-order valence-electron chi connectivity index (χ1n) is 14.7. The third-order valence-corrected chi connectivity index (χ3v) is 8.42. The van der Waals surface area contributed by atoms with Gasteiger partial charge in [0.25, 0.3) is 0 Å². The van der Waals surface area contributed by atoms with E-state index in [1.165, 1.54) is 60.1 Å². The summed E-state index contributed by atoms with van der Waals surface area (Å²) in [5.74, 6) is 0. The Labute approximate surface area is 251 Å². The quantitative estimate of drug-likeness (QED) is 0.204. The molecule has 2 heteroatoms. The van der Waals surface area contributed by atoms with E-state index in [4.69, 9.17) is 0 Å². The summed E-state index contributed by atoms with van der Waals surface area (Å²) in [5.41, 5.74) is 10.3. The van der Waals surface area contributed by atoms with Gasteiger partial charge in [-0.2, -0.15) is 0 Å². The molecule has 2 aromatic heterocycles. The molecule has 0 N–H and O–H groups in total. The van der Waals surface area contributed by atoms with Gasteiger partial charge in [-0.15, -0.1) is 0 Å². The van der Waals surface area contributed by atoms with Gasteiger partial charge < -0.3 is 0 Å². The lowest BCUT2D eigenvalue weighted by atomic mass is 9.85. The van der Waals surface area contributed by atoms with Gasteiger partial charge in [0, 0.05) is 18.0 Å². The maximum atomic E-state index is 4.69. The predicted molar refractivity (Wildman–Crippen MR) is 181 cm³/mol. The van der Waals surface area contributed by atoms with E-state index in [9.17, 15) is 0 Å². The summed E-state index contributed by atoms with van der Waals surface area (Å²) in [7, 11) is 0. The highest BCUT2D eigenvalue weighted by molar-refractivity contribution is 6.21. The first-order valence-corrected chi connectivity index (χ1v) is 14.7. The van der Waals surface area contributed by atoms with Crippen LogP contribution >= 0.6 is 0 Å². The van der Waals surface area contributed by atoms with Gasteiger partial charge in [-0.05, 0) is 97.4 Å².